The predicted molar refractivity (Wildman–Crippen MR) is 102 cm³/mol. The van der Waals surface area contributed by atoms with Crippen molar-refractivity contribution in [1.82, 2.24) is 20.4 Å². The minimum atomic E-state index is -0.643. The zero-order valence-corrected chi connectivity index (χ0v) is 16.1. The molecule has 0 saturated carbocycles. The van der Waals surface area contributed by atoms with Gasteiger partial charge < -0.3 is 19.7 Å². The smallest absolute Gasteiger partial charge is 0.308 e. The highest BCUT2D eigenvalue weighted by Crippen LogP contribution is 2.36. The molecule has 0 amide bonds. The predicted octanol–water partition coefficient (Wildman–Crippen LogP) is 1.84. The minimum absolute atomic E-state index is 0.274. The first-order valence-electron chi connectivity index (χ1n) is 8.82. The van der Waals surface area contributed by atoms with E-state index in [2.05, 4.69) is 20.4 Å². The number of aromatic nitrogens is 4. The largest absolute Gasteiger partial charge is 0.490 e. The molecule has 0 fully saturated rings. The van der Waals surface area contributed by atoms with Gasteiger partial charge >= 0.3 is 5.97 Å². The summed E-state index contributed by atoms with van der Waals surface area (Å²) >= 11 is 0. The van der Waals surface area contributed by atoms with Gasteiger partial charge in [0.15, 0.2) is 11.5 Å². The number of hydrogen-bond acceptors (Lipinski definition) is 5. The lowest BCUT2D eigenvalue weighted by molar-refractivity contribution is -0.132. The maximum absolute atomic E-state index is 12.5. The number of aromatic amines is 4. The molecule has 0 spiro atoms. The van der Waals surface area contributed by atoms with E-state index in [4.69, 9.17) is 9.47 Å². The number of carbonyl (C=O) groups excluding carboxylic acids is 1. The fourth-order valence-corrected chi connectivity index (χ4v) is 3.30. The molecule has 148 valence electrons. The molecule has 0 saturated heterocycles. The van der Waals surface area contributed by atoms with Crippen LogP contribution in [0.3, 0.4) is 0 Å². The molecule has 0 aliphatic carbocycles. The zero-order chi connectivity index (χ0) is 20.4. The number of benzene rings is 1. The van der Waals surface area contributed by atoms with Crippen LogP contribution in [0, 0.1) is 13.8 Å². The van der Waals surface area contributed by atoms with E-state index in [1.165, 1.54) is 6.92 Å². The minimum Gasteiger partial charge on any atom is -0.490 e. The number of H-pyrrole nitrogens is 4. The summed E-state index contributed by atoms with van der Waals surface area (Å²) in [4.78, 5) is 36.3. The zero-order valence-electron chi connectivity index (χ0n) is 16.1. The van der Waals surface area contributed by atoms with Crippen molar-refractivity contribution in [2.75, 3.05) is 6.61 Å². The summed E-state index contributed by atoms with van der Waals surface area (Å²) in [5.74, 6) is -0.484. The van der Waals surface area contributed by atoms with Crippen molar-refractivity contribution in [3.63, 3.8) is 0 Å². The molecule has 2 heterocycles. The van der Waals surface area contributed by atoms with Crippen LogP contribution in [0.4, 0.5) is 0 Å². The summed E-state index contributed by atoms with van der Waals surface area (Å²) in [5, 5.41) is 10.7. The average Bonchev–Trinajstić information content (AvgIpc) is 3.14. The van der Waals surface area contributed by atoms with E-state index in [9.17, 15) is 14.4 Å². The molecule has 1 aromatic carbocycles. The maximum Gasteiger partial charge on any atom is 0.308 e. The Kier molecular flexibility index (Phi) is 5.25. The molecular formula is C19H22N4O5. The molecule has 3 aromatic rings. The van der Waals surface area contributed by atoms with Crippen molar-refractivity contribution in [1.29, 1.82) is 0 Å². The monoisotopic (exact) mass is 386 g/mol. The summed E-state index contributed by atoms with van der Waals surface area (Å²) < 4.78 is 10.8. The highest BCUT2D eigenvalue weighted by Gasteiger charge is 2.29. The molecule has 0 bridgehead atoms. The molecule has 0 aliphatic rings. The second-order valence-electron chi connectivity index (χ2n) is 6.40. The van der Waals surface area contributed by atoms with E-state index >= 15 is 0 Å². The molecule has 4 N–H and O–H groups in total. The second kappa shape index (κ2) is 7.63. The second-order valence-corrected chi connectivity index (χ2v) is 6.40. The van der Waals surface area contributed by atoms with Gasteiger partial charge in [0.05, 0.1) is 17.7 Å². The first kappa shape index (κ1) is 19.3. The van der Waals surface area contributed by atoms with E-state index in [-0.39, 0.29) is 16.9 Å². The number of aryl methyl sites for hydroxylation is 2. The van der Waals surface area contributed by atoms with Crippen molar-refractivity contribution < 1.29 is 14.3 Å². The number of ether oxygens (including phenoxy) is 2. The Morgan fingerprint density at radius 1 is 0.964 bits per heavy atom. The third-order valence-corrected chi connectivity index (χ3v) is 4.46. The summed E-state index contributed by atoms with van der Waals surface area (Å²) in [6.45, 7) is 6.98. The van der Waals surface area contributed by atoms with Crippen molar-refractivity contribution in [2.24, 2.45) is 0 Å². The van der Waals surface area contributed by atoms with Gasteiger partial charge in [-0.25, -0.2) is 0 Å². The number of nitrogens with one attached hydrogen (secondary N) is 4. The van der Waals surface area contributed by atoms with Crippen molar-refractivity contribution in [3.05, 3.63) is 67.0 Å². The molecule has 9 heteroatoms. The molecule has 0 aliphatic heterocycles. The van der Waals surface area contributed by atoms with E-state index in [0.29, 0.717) is 40.4 Å². The number of esters is 1. The van der Waals surface area contributed by atoms with E-state index in [0.717, 1.165) is 0 Å². The van der Waals surface area contributed by atoms with Crippen molar-refractivity contribution >= 4 is 5.97 Å². The molecule has 2 aromatic heterocycles. The Morgan fingerprint density at radius 3 is 1.96 bits per heavy atom. The summed E-state index contributed by atoms with van der Waals surface area (Å²) in [7, 11) is 0. The van der Waals surface area contributed by atoms with Crippen LogP contribution in [0.1, 0.15) is 47.8 Å². The van der Waals surface area contributed by atoms with Gasteiger partial charge in [-0.1, -0.05) is 6.07 Å². The van der Waals surface area contributed by atoms with Crippen LogP contribution in [0.5, 0.6) is 11.5 Å². The lowest BCUT2D eigenvalue weighted by Crippen LogP contribution is -2.20. The van der Waals surface area contributed by atoms with Crippen molar-refractivity contribution in [2.45, 2.75) is 33.6 Å². The summed E-state index contributed by atoms with van der Waals surface area (Å²) in [6, 6.07) is 4.99. The van der Waals surface area contributed by atoms with Crippen LogP contribution in [0.15, 0.2) is 27.8 Å². The third-order valence-electron chi connectivity index (χ3n) is 4.46. The Balaban J connectivity index is 2.24. The van der Waals surface area contributed by atoms with Crippen LogP contribution >= 0.6 is 0 Å². The van der Waals surface area contributed by atoms with Crippen LogP contribution in [0.2, 0.25) is 0 Å². The Labute approximate surface area is 160 Å². The SMILES string of the molecule is CCOc1cc(C(c2c(C)[nH][nH]c2=O)c2c(C)[nH][nH]c2=O)ccc1OC(C)=O. The van der Waals surface area contributed by atoms with E-state index < -0.39 is 11.9 Å². The first-order valence-corrected chi connectivity index (χ1v) is 8.82. The highest BCUT2D eigenvalue weighted by molar-refractivity contribution is 5.70. The Morgan fingerprint density at radius 2 is 1.54 bits per heavy atom. The van der Waals surface area contributed by atoms with E-state index in [1.54, 1.807) is 32.0 Å². The van der Waals surface area contributed by atoms with Crippen LogP contribution in [-0.2, 0) is 4.79 Å². The highest BCUT2D eigenvalue weighted by atomic mass is 16.6. The third kappa shape index (κ3) is 3.51. The number of rotatable bonds is 6. The fraction of sp³-hybridized carbons (Fsp3) is 0.316. The normalized spacial score (nSPS) is 11.0. The van der Waals surface area contributed by atoms with Gasteiger partial charge in [0.25, 0.3) is 11.1 Å². The Hall–Kier alpha value is -3.49. The molecule has 28 heavy (non-hydrogen) atoms. The lowest BCUT2D eigenvalue weighted by atomic mass is 9.85. The maximum atomic E-state index is 12.5. The molecule has 0 radical (unpaired) electrons. The standard InChI is InChI=1S/C19H22N4O5/c1-5-27-14-8-12(6-7-13(14)28-11(4)24)17(15-9(2)20-22-18(15)25)16-10(3)21-23-19(16)26/h6-8,17H,5H2,1-4H3,(H2,20,22,25)(H2,21,23,26). The molecule has 0 unspecified atom stereocenters. The van der Waals surface area contributed by atoms with Gasteiger partial charge in [-0.2, -0.15) is 0 Å². The average molecular weight is 386 g/mol. The topological polar surface area (TPSA) is 133 Å². The van der Waals surface area contributed by atoms with E-state index in [1.807, 2.05) is 6.92 Å². The van der Waals surface area contributed by atoms with Gasteiger partial charge in [0, 0.05) is 24.2 Å². The molecular weight excluding hydrogens is 364 g/mol. The first-order chi connectivity index (χ1) is 13.3. The molecule has 9 nitrogen and oxygen atoms in total. The number of hydrogen-bond donors (Lipinski definition) is 4. The van der Waals surface area contributed by atoms with Crippen LogP contribution in [-0.4, -0.2) is 33.0 Å². The Bertz CT molecular complexity index is 1060. The molecule has 3 rings (SSSR count). The van der Waals surface area contributed by atoms with Gasteiger partial charge in [0.1, 0.15) is 0 Å². The molecule has 0 atom stereocenters. The van der Waals surface area contributed by atoms with Crippen LogP contribution < -0.4 is 20.6 Å². The lowest BCUT2D eigenvalue weighted by Gasteiger charge is -2.18. The fourth-order valence-electron chi connectivity index (χ4n) is 3.30. The van der Waals surface area contributed by atoms with Gasteiger partial charge in [-0.15, -0.1) is 0 Å². The van der Waals surface area contributed by atoms with Crippen LogP contribution in [0.25, 0.3) is 0 Å². The van der Waals surface area contributed by atoms with Crippen molar-refractivity contribution in [3.8, 4) is 11.5 Å². The van der Waals surface area contributed by atoms with Gasteiger partial charge in [-0.3, -0.25) is 24.6 Å². The quantitative estimate of drug-likeness (QED) is 0.379. The summed E-state index contributed by atoms with van der Waals surface area (Å²) in [6.07, 6.45) is 0. The van der Waals surface area contributed by atoms with Gasteiger partial charge in [0.2, 0.25) is 0 Å². The summed E-state index contributed by atoms with van der Waals surface area (Å²) in [5.41, 5.74) is 2.12. The number of carbonyl (C=O) groups is 1. The van der Waals surface area contributed by atoms with Gasteiger partial charge in [-0.05, 0) is 38.5 Å².